The van der Waals surface area contributed by atoms with Gasteiger partial charge in [-0.3, -0.25) is 10.1 Å². The minimum Gasteiger partial charge on any atom is -0.497 e. The zero-order chi connectivity index (χ0) is 13.9. The molecule has 6 heteroatoms. The van der Waals surface area contributed by atoms with Crippen LogP contribution in [0, 0.1) is 0 Å². The van der Waals surface area contributed by atoms with Crippen molar-refractivity contribution in [2.75, 3.05) is 18.6 Å². The first-order chi connectivity index (χ1) is 9.12. The number of urea groups is 1. The number of imide groups is 1. The minimum atomic E-state index is -0.982. The summed E-state index contributed by atoms with van der Waals surface area (Å²) in [6.07, 6.45) is 0. The van der Waals surface area contributed by atoms with E-state index >= 15 is 0 Å². The monoisotopic (exact) mass is 280 g/mol. The molecule has 5 nitrogen and oxygen atoms in total. The molecule has 102 valence electrons. The summed E-state index contributed by atoms with van der Waals surface area (Å²) in [5.74, 6) is 1.80. The van der Waals surface area contributed by atoms with Crippen molar-refractivity contribution in [3.05, 3.63) is 29.8 Å². The molecule has 0 saturated carbocycles. The third-order valence-electron chi connectivity index (χ3n) is 3.05. The molecule has 1 unspecified atom stereocenters. The van der Waals surface area contributed by atoms with Crippen molar-refractivity contribution < 1.29 is 14.3 Å². The third kappa shape index (κ3) is 2.53. The van der Waals surface area contributed by atoms with Crippen molar-refractivity contribution in [2.24, 2.45) is 0 Å². The highest BCUT2D eigenvalue weighted by atomic mass is 32.2. The van der Waals surface area contributed by atoms with Gasteiger partial charge < -0.3 is 10.1 Å². The fraction of sp³-hybridized carbons (Fsp3) is 0.385. The second kappa shape index (κ2) is 5.52. The van der Waals surface area contributed by atoms with Crippen LogP contribution in [-0.4, -0.2) is 30.6 Å². The quantitative estimate of drug-likeness (QED) is 0.802. The number of hydrogen-bond acceptors (Lipinski definition) is 4. The maximum absolute atomic E-state index is 12.1. The second-order valence-corrected chi connectivity index (χ2v) is 5.45. The number of hydrogen-bond donors (Lipinski definition) is 2. The highest BCUT2D eigenvalue weighted by Crippen LogP contribution is 2.30. The summed E-state index contributed by atoms with van der Waals surface area (Å²) in [6.45, 7) is 2.01. The first-order valence-electron chi connectivity index (χ1n) is 5.98. The Balaban J connectivity index is 2.36. The van der Waals surface area contributed by atoms with Gasteiger partial charge in [-0.25, -0.2) is 4.79 Å². The van der Waals surface area contributed by atoms with Crippen LogP contribution < -0.4 is 15.4 Å². The lowest BCUT2D eigenvalue weighted by molar-refractivity contribution is -0.123. The average Bonchev–Trinajstić information content (AvgIpc) is 2.72. The van der Waals surface area contributed by atoms with Crippen LogP contribution in [0.2, 0.25) is 0 Å². The Kier molecular flexibility index (Phi) is 3.99. The number of rotatable bonds is 5. The molecule has 3 amide bonds. The molecule has 1 aliphatic heterocycles. The van der Waals surface area contributed by atoms with E-state index in [2.05, 4.69) is 10.6 Å². The topological polar surface area (TPSA) is 67.4 Å². The van der Waals surface area contributed by atoms with Crippen LogP contribution in [0.4, 0.5) is 4.79 Å². The van der Waals surface area contributed by atoms with E-state index < -0.39 is 11.6 Å². The van der Waals surface area contributed by atoms with Gasteiger partial charge in [-0.05, 0) is 23.4 Å². The van der Waals surface area contributed by atoms with E-state index in [1.165, 1.54) is 0 Å². The Bertz CT molecular complexity index is 489. The van der Waals surface area contributed by atoms with E-state index in [0.29, 0.717) is 11.5 Å². The first-order valence-corrected chi connectivity index (χ1v) is 7.13. The minimum absolute atomic E-state index is 0.302. The normalized spacial score (nSPS) is 22.0. The highest BCUT2D eigenvalue weighted by molar-refractivity contribution is 7.99. The van der Waals surface area contributed by atoms with Gasteiger partial charge in [-0.1, -0.05) is 19.1 Å². The van der Waals surface area contributed by atoms with Gasteiger partial charge in [0.1, 0.15) is 5.75 Å². The van der Waals surface area contributed by atoms with E-state index in [1.807, 2.05) is 6.92 Å². The Morgan fingerprint density at radius 1 is 1.26 bits per heavy atom. The van der Waals surface area contributed by atoms with E-state index in [-0.39, 0.29) is 5.91 Å². The van der Waals surface area contributed by atoms with Crippen LogP contribution in [0.25, 0.3) is 0 Å². The molecule has 0 aliphatic carbocycles. The number of nitrogens with one attached hydrogen (secondary N) is 2. The summed E-state index contributed by atoms with van der Waals surface area (Å²) in [6, 6.07) is 6.73. The van der Waals surface area contributed by atoms with Gasteiger partial charge in [0, 0.05) is 5.75 Å². The Morgan fingerprint density at radius 3 is 2.42 bits per heavy atom. The Hall–Kier alpha value is -1.69. The van der Waals surface area contributed by atoms with Gasteiger partial charge in [0.05, 0.1) is 7.11 Å². The SMILES string of the molecule is CCSCC1(c2ccc(OC)cc2)NC(=O)NC1=O. The van der Waals surface area contributed by atoms with E-state index in [9.17, 15) is 9.59 Å². The summed E-state index contributed by atoms with van der Waals surface area (Å²) < 4.78 is 5.10. The molecule has 2 N–H and O–H groups in total. The molecule has 0 spiro atoms. The first kappa shape index (κ1) is 13.7. The number of carbonyl (C=O) groups is 2. The summed E-state index contributed by atoms with van der Waals surface area (Å²) in [7, 11) is 1.59. The average molecular weight is 280 g/mol. The predicted octanol–water partition coefficient (Wildman–Crippen LogP) is 1.48. The number of ether oxygens (including phenoxy) is 1. The van der Waals surface area contributed by atoms with Crippen molar-refractivity contribution in [3.63, 3.8) is 0 Å². The van der Waals surface area contributed by atoms with Crippen LogP contribution in [-0.2, 0) is 10.3 Å². The van der Waals surface area contributed by atoms with Crippen LogP contribution in [0.5, 0.6) is 5.75 Å². The van der Waals surface area contributed by atoms with Crippen LogP contribution in [0.3, 0.4) is 0 Å². The fourth-order valence-corrected chi connectivity index (χ4v) is 2.89. The number of benzene rings is 1. The summed E-state index contributed by atoms with van der Waals surface area (Å²) >= 11 is 1.61. The van der Waals surface area contributed by atoms with Crippen molar-refractivity contribution >= 4 is 23.7 Å². The molecular weight excluding hydrogens is 264 g/mol. The lowest BCUT2D eigenvalue weighted by atomic mass is 9.92. The van der Waals surface area contributed by atoms with Crippen molar-refractivity contribution in [2.45, 2.75) is 12.5 Å². The maximum Gasteiger partial charge on any atom is 0.322 e. The number of amides is 3. The molecule has 0 bridgehead atoms. The largest absolute Gasteiger partial charge is 0.497 e. The number of thioether (sulfide) groups is 1. The molecule has 1 atom stereocenters. The van der Waals surface area contributed by atoms with Gasteiger partial charge >= 0.3 is 6.03 Å². The number of carbonyl (C=O) groups excluding carboxylic acids is 2. The molecule has 2 rings (SSSR count). The Morgan fingerprint density at radius 2 is 1.95 bits per heavy atom. The van der Waals surface area contributed by atoms with Gasteiger partial charge in [0.25, 0.3) is 5.91 Å². The zero-order valence-corrected chi connectivity index (χ0v) is 11.7. The smallest absolute Gasteiger partial charge is 0.322 e. The lowest BCUT2D eigenvalue weighted by Crippen LogP contribution is -2.46. The highest BCUT2D eigenvalue weighted by Gasteiger charge is 2.47. The van der Waals surface area contributed by atoms with E-state index in [4.69, 9.17) is 4.74 Å². The van der Waals surface area contributed by atoms with Crippen molar-refractivity contribution in [3.8, 4) is 5.75 Å². The number of methoxy groups -OCH3 is 1. The molecule has 1 aromatic rings. The summed E-state index contributed by atoms with van der Waals surface area (Å²) in [5, 5.41) is 5.05. The molecule has 19 heavy (non-hydrogen) atoms. The van der Waals surface area contributed by atoms with Crippen molar-refractivity contribution in [1.29, 1.82) is 0 Å². The van der Waals surface area contributed by atoms with Gasteiger partial charge in [-0.2, -0.15) is 11.8 Å². The van der Waals surface area contributed by atoms with Crippen LogP contribution in [0.15, 0.2) is 24.3 Å². The van der Waals surface area contributed by atoms with Crippen LogP contribution in [0.1, 0.15) is 12.5 Å². The van der Waals surface area contributed by atoms with E-state index in [1.54, 1.807) is 43.1 Å². The van der Waals surface area contributed by atoms with Crippen molar-refractivity contribution in [1.82, 2.24) is 10.6 Å². The molecular formula is C13H16N2O3S. The second-order valence-electron chi connectivity index (χ2n) is 4.18. The zero-order valence-electron chi connectivity index (χ0n) is 10.9. The third-order valence-corrected chi connectivity index (χ3v) is 4.09. The standard InChI is InChI=1S/C13H16N2O3S/c1-3-19-8-13(11(16)14-12(17)15-13)9-4-6-10(18-2)7-5-9/h4-7H,3,8H2,1-2H3,(H2,14,15,16,17). The van der Waals surface area contributed by atoms with E-state index in [0.717, 1.165) is 11.3 Å². The lowest BCUT2D eigenvalue weighted by Gasteiger charge is -2.26. The van der Waals surface area contributed by atoms with Crippen LogP contribution >= 0.6 is 11.8 Å². The molecule has 1 heterocycles. The molecule has 1 saturated heterocycles. The van der Waals surface area contributed by atoms with Gasteiger partial charge in [-0.15, -0.1) is 0 Å². The molecule has 1 fully saturated rings. The molecule has 1 aliphatic rings. The predicted molar refractivity (Wildman–Crippen MR) is 74.3 cm³/mol. The molecule has 1 aromatic carbocycles. The maximum atomic E-state index is 12.1. The summed E-state index contributed by atoms with van der Waals surface area (Å²) in [4.78, 5) is 23.6. The van der Waals surface area contributed by atoms with Gasteiger partial charge in [0.15, 0.2) is 5.54 Å². The Labute approximate surface area is 116 Å². The summed E-state index contributed by atoms with van der Waals surface area (Å²) in [5.41, 5.74) is -0.220. The fourth-order valence-electron chi connectivity index (χ4n) is 2.01. The van der Waals surface area contributed by atoms with Gasteiger partial charge in [0.2, 0.25) is 0 Å². The molecule has 0 aromatic heterocycles. The molecule has 0 radical (unpaired) electrons.